The molecule has 0 atom stereocenters. The Morgan fingerprint density at radius 1 is 1.15 bits per heavy atom. The standard InChI is InChI=1S/C19H30N4O2S/c1-19(2,3)26-13-8-20-18(25)21-16-7-5-6-15(14-16)17(24)23-11-9-22(4)10-12-23/h5-7,14H,8-13H2,1-4H3,(H2,20,21,25). The van der Waals surface area contributed by atoms with Crippen molar-refractivity contribution >= 4 is 29.4 Å². The van der Waals surface area contributed by atoms with Gasteiger partial charge < -0.3 is 20.4 Å². The highest BCUT2D eigenvalue weighted by Crippen LogP contribution is 2.22. The molecular weight excluding hydrogens is 348 g/mol. The highest BCUT2D eigenvalue weighted by atomic mass is 32.2. The Kier molecular flexibility index (Phi) is 7.34. The quantitative estimate of drug-likeness (QED) is 0.774. The van der Waals surface area contributed by atoms with Crippen LogP contribution in [0, 0.1) is 0 Å². The van der Waals surface area contributed by atoms with Crippen LogP contribution in [0.3, 0.4) is 0 Å². The number of thioether (sulfide) groups is 1. The van der Waals surface area contributed by atoms with Crippen LogP contribution in [0.5, 0.6) is 0 Å². The van der Waals surface area contributed by atoms with Crippen LogP contribution in [0.2, 0.25) is 0 Å². The van der Waals surface area contributed by atoms with Crippen molar-refractivity contribution in [3.63, 3.8) is 0 Å². The molecule has 1 aromatic rings. The lowest BCUT2D eigenvalue weighted by Gasteiger charge is -2.32. The normalized spacial score (nSPS) is 15.6. The number of nitrogens with one attached hydrogen (secondary N) is 2. The number of rotatable bonds is 5. The maximum Gasteiger partial charge on any atom is 0.319 e. The molecular formula is C19H30N4O2S. The topological polar surface area (TPSA) is 64.7 Å². The van der Waals surface area contributed by atoms with Crippen LogP contribution in [0.15, 0.2) is 24.3 Å². The number of carbonyl (C=O) groups is 2. The predicted molar refractivity (Wildman–Crippen MR) is 109 cm³/mol. The lowest BCUT2D eigenvalue weighted by Crippen LogP contribution is -2.47. The minimum absolute atomic E-state index is 0.0173. The molecule has 1 heterocycles. The molecule has 0 bridgehead atoms. The number of likely N-dealkylation sites (N-methyl/N-ethyl adjacent to an activating group) is 1. The first-order chi connectivity index (χ1) is 12.2. The van der Waals surface area contributed by atoms with E-state index in [4.69, 9.17) is 0 Å². The van der Waals surface area contributed by atoms with Crippen molar-refractivity contribution in [2.45, 2.75) is 25.5 Å². The van der Waals surface area contributed by atoms with Gasteiger partial charge in [-0.3, -0.25) is 4.79 Å². The first-order valence-corrected chi connectivity index (χ1v) is 10.00. The molecule has 26 heavy (non-hydrogen) atoms. The summed E-state index contributed by atoms with van der Waals surface area (Å²) in [6.45, 7) is 10.3. The Bertz CT molecular complexity index is 622. The molecule has 1 saturated heterocycles. The van der Waals surface area contributed by atoms with Crippen molar-refractivity contribution in [2.24, 2.45) is 0 Å². The molecule has 1 aliphatic heterocycles. The lowest BCUT2D eigenvalue weighted by atomic mass is 10.1. The van der Waals surface area contributed by atoms with Crippen LogP contribution >= 0.6 is 11.8 Å². The molecule has 144 valence electrons. The van der Waals surface area contributed by atoms with Gasteiger partial charge in [0.05, 0.1) is 0 Å². The molecule has 2 N–H and O–H groups in total. The molecule has 1 fully saturated rings. The van der Waals surface area contributed by atoms with E-state index in [0.29, 0.717) is 17.8 Å². The van der Waals surface area contributed by atoms with Gasteiger partial charge in [-0.15, -0.1) is 0 Å². The van der Waals surface area contributed by atoms with Crippen molar-refractivity contribution in [1.82, 2.24) is 15.1 Å². The molecule has 0 spiro atoms. The summed E-state index contributed by atoms with van der Waals surface area (Å²) in [5, 5.41) is 5.66. The van der Waals surface area contributed by atoms with Gasteiger partial charge in [-0.2, -0.15) is 11.8 Å². The third-order valence-electron chi connectivity index (χ3n) is 4.08. The van der Waals surface area contributed by atoms with Gasteiger partial charge in [0, 0.05) is 54.5 Å². The third-order valence-corrected chi connectivity index (χ3v) is 5.35. The molecule has 7 heteroatoms. The Balaban J connectivity index is 1.84. The van der Waals surface area contributed by atoms with Crippen LogP contribution < -0.4 is 10.6 Å². The summed E-state index contributed by atoms with van der Waals surface area (Å²) in [5.41, 5.74) is 1.24. The summed E-state index contributed by atoms with van der Waals surface area (Å²) < 4.78 is 0.191. The van der Waals surface area contributed by atoms with Crippen molar-refractivity contribution in [1.29, 1.82) is 0 Å². The number of carbonyl (C=O) groups excluding carboxylic acids is 2. The summed E-state index contributed by atoms with van der Waals surface area (Å²) in [7, 11) is 2.06. The van der Waals surface area contributed by atoms with Crippen LogP contribution in [-0.2, 0) is 0 Å². The van der Waals surface area contributed by atoms with E-state index in [-0.39, 0.29) is 16.7 Å². The monoisotopic (exact) mass is 378 g/mol. The van der Waals surface area contributed by atoms with Crippen LogP contribution in [0.25, 0.3) is 0 Å². The average Bonchev–Trinajstić information content (AvgIpc) is 2.58. The Morgan fingerprint density at radius 3 is 2.50 bits per heavy atom. The van der Waals surface area contributed by atoms with Gasteiger partial charge in [0.15, 0.2) is 0 Å². The number of hydrogen-bond donors (Lipinski definition) is 2. The summed E-state index contributed by atoms with van der Waals surface area (Å²) >= 11 is 1.81. The van der Waals surface area contributed by atoms with E-state index >= 15 is 0 Å². The van der Waals surface area contributed by atoms with Crippen LogP contribution in [0.4, 0.5) is 10.5 Å². The number of hydrogen-bond acceptors (Lipinski definition) is 4. The Labute approximate surface area is 160 Å². The second-order valence-electron chi connectivity index (χ2n) is 7.52. The molecule has 0 aromatic heterocycles. The first-order valence-electron chi connectivity index (χ1n) is 9.01. The fourth-order valence-corrected chi connectivity index (χ4v) is 3.44. The lowest BCUT2D eigenvalue weighted by molar-refractivity contribution is 0.0664. The van der Waals surface area contributed by atoms with E-state index in [0.717, 1.165) is 31.9 Å². The van der Waals surface area contributed by atoms with Gasteiger partial charge in [0.2, 0.25) is 0 Å². The maximum atomic E-state index is 12.6. The van der Waals surface area contributed by atoms with Crippen molar-refractivity contribution in [2.75, 3.05) is 50.8 Å². The Morgan fingerprint density at radius 2 is 1.85 bits per heavy atom. The second kappa shape index (κ2) is 9.28. The van der Waals surface area contributed by atoms with Crippen LogP contribution in [-0.4, -0.2) is 72.0 Å². The van der Waals surface area contributed by atoms with E-state index in [9.17, 15) is 9.59 Å². The minimum Gasteiger partial charge on any atom is -0.337 e. The highest BCUT2D eigenvalue weighted by Gasteiger charge is 2.20. The van der Waals surface area contributed by atoms with Crippen molar-refractivity contribution in [3.8, 4) is 0 Å². The van der Waals surface area contributed by atoms with E-state index in [2.05, 4.69) is 43.4 Å². The summed E-state index contributed by atoms with van der Waals surface area (Å²) in [4.78, 5) is 28.7. The zero-order valence-electron chi connectivity index (χ0n) is 16.2. The molecule has 1 aliphatic rings. The number of anilines is 1. The number of urea groups is 1. The molecule has 0 saturated carbocycles. The van der Waals surface area contributed by atoms with Gasteiger partial charge in [-0.25, -0.2) is 4.79 Å². The third kappa shape index (κ3) is 6.88. The van der Waals surface area contributed by atoms with E-state index < -0.39 is 0 Å². The fraction of sp³-hybridized carbons (Fsp3) is 0.579. The van der Waals surface area contributed by atoms with Gasteiger partial charge in [-0.1, -0.05) is 26.8 Å². The summed E-state index contributed by atoms with van der Waals surface area (Å²) in [6.07, 6.45) is 0. The van der Waals surface area contributed by atoms with Gasteiger partial charge in [0.25, 0.3) is 5.91 Å². The fourth-order valence-electron chi connectivity index (χ4n) is 2.62. The van der Waals surface area contributed by atoms with E-state index in [1.807, 2.05) is 16.7 Å². The van der Waals surface area contributed by atoms with E-state index in [1.54, 1.807) is 24.3 Å². The molecule has 6 nitrogen and oxygen atoms in total. The molecule has 3 amide bonds. The maximum absolute atomic E-state index is 12.6. The van der Waals surface area contributed by atoms with Gasteiger partial charge in [0.1, 0.15) is 0 Å². The number of piperazine rings is 1. The molecule has 0 radical (unpaired) electrons. The van der Waals surface area contributed by atoms with Crippen LogP contribution in [0.1, 0.15) is 31.1 Å². The first kappa shape index (κ1) is 20.6. The van der Waals surface area contributed by atoms with Crippen molar-refractivity contribution < 1.29 is 9.59 Å². The predicted octanol–water partition coefficient (Wildman–Crippen LogP) is 2.73. The van der Waals surface area contributed by atoms with E-state index in [1.165, 1.54) is 0 Å². The molecule has 2 rings (SSSR count). The largest absolute Gasteiger partial charge is 0.337 e. The SMILES string of the molecule is CN1CCN(C(=O)c2cccc(NC(=O)NCCSC(C)(C)C)c2)CC1. The minimum atomic E-state index is -0.247. The number of amides is 3. The Hall–Kier alpha value is -1.73. The smallest absolute Gasteiger partial charge is 0.319 e. The average molecular weight is 379 g/mol. The number of benzene rings is 1. The number of nitrogens with zero attached hydrogens (tertiary/aromatic N) is 2. The zero-order valence-corrected chi connectivity index (χ0v) is 17.0. The highest BCUT2D eigenvalue weighted by molar-refractivity contribution is 8.00. The summed E-state index contributed by atoms with van der Waals surface area (Å²) in [5.74, 6) is 0.877. The van der Waals surface area contributed by atoms with Gasteiger partial charge in [-0.05, 0) is 25.2 Å². The molecule has 1 aromatic carbocycles. The molecule has 0 unspecified atom stereocenters. The van der Waals surface area contributed by atoms with Crippen molar-refractivity contribution in [3.05, 3.63) is 29.8 Å². The zero-order chi connectivity index (χ0) is 19.2. The van der Waals surface area contributed by atoms with Gasteiger partial charge >= 0.3 is 6.03 Å². The molecule has 0 aliphatic carbocycles. The summed E-state index contributed by atoms with van der Waals surface area (Å²) in [6, 6.07) is 6.88. The second-order valence-corrected chi connectivity index (χ2v) is 9.44.